The predicted octanol–water partition coefficient (Wildman–Crippen LogP) is 4.05. The van der Waals surface area contributed by atoms with Crippen molar-refractivity contribution in [3.63, 3.8) is 0 Å². The van der Waals surface area contributed by atoms with Gasteiger partial charge in [0.25, 0.3) is 0 Å². The Morgan fingerprint density at radius 1 is 0.955 bits per heavy atom. The molecule has 0 saturated heterocycles. The van der Waals surface area contributed by atoms with Gasteiger partial charge in [-0.3, -0.25) is 9.32 Å². The SMILES string of the molecule is O=C1c2ccccc2OP(=O)(OCCCl)Oc2ccccc21. The molecule has 0 amide bonds. The van der Waals surface area contributed by atoms with Crippen molar-refractivity contribution in [3.8, 4) is 11.5 Å². The Hall–Kier alpha value is -1.81. The maximum atomic E-state index is 12.8. The van der Waals surface area contributed by atoms with E-state index in [0.717, 1.165) is 0 Å². The smallest absolute Gasteiger partial charge is 0.394 e. The van der Waals surface area contributed by atoms with Gasteiger partial charge in [-0.25, -0.2) is 4.57 Å². The zero-order chi connectivity index (χ0) is 15.6. The Morgan fingerprint density at radius 2 is 1.45 bits per heavy atom. The zero-order valence-electron chi connectivity index (χ0n) is 11.4. The number of hydrogen-bond acceptors (Lipinski definition) is 5. The summed E-state index contributed by atoms with van der Waals surface area (Å²) in [7, 11) is -3.93. The number of para-hydroxylation sites is 2. The van der Waals surface area contributed by atoms with Crippen molar-refractivity contribution < 1.29 is 22.9 Å². The van der Waals surface area contributed by atoms with Crippen molar-refractivity contribution in [2.75, 3.05) is 12.5 Å². The Morgan fingerprint density at radius 3 is 1.95 bits per heavy atom. The van der Waals surface area contributed by atoms with Gasteiger partial charge in [0, 0.05) is 5.88 Å². The first kappa shape index (κ1) is 15.1. The first-order chi connectivity index (χ1) is 10.6. The van der Waals surface area contributed by atoms with Crippen LogP contribution >= 0.6 is 19.4 Å². The molecule has 0 N–H and O–H groups in total. The minimum absolute atomic E-state index is 0.00286. The second kappa shape index (κ2) is 6.13. The average Bonchev–Trinajstić information content (AvgIpc) is 2.52. The number of carbonyl (C=O) groups is 1. The molecule has 0 aliphatic carbocycles. The van der Waals surface area contributed by atoms with Crippen LogP contribution in [0.5, 0.6) is 11.5 Å². The summed E-state index contributed by atoms with van der Waals surface area (Å²) in [5.74, 6) is 0.175. The monoisotopic (exact) mass is 338 g/mol. The van der Waals surface area contributed by atoms with Crippen LogP contribution in [0.4, 0.5) is 0 Å². The van der Waals surface area contributed by atoms with Crippen molar-refractivity contribution in [2.24, 2.45) is 0 Å². The molecule has 0 spiro atoms. The molecule has 0 atom stereocenters. The van der Waals surface area contributed by atoms with Crippen molar-refractivity contribution in [1.82, 2.24) is 0 Å². The van der Waals surface area contributed by atoms with Crippen LogP contribution in [0.3, 0.4) is 0 Å². The fourth-order valence-corrected chi connectivity index (χ4v) is 3.51. The number of hydrogen-bond donors (Lipinski definition) is 0. The van der Waals surface area contributed by atoms with Crippen LogP contribution in [0.25, 0.3) is 0 Å². The number of ketones is 1. The Kier molecular flexibility index (Phi) is 4.21. The predicted molar refractivity (Wildman–Crippen MR) is 81.9 cm³/mol. The van der Waals surface area contributed by atoms with E-state index in [9.17, 15) is 9.36 Å². The lowest BCUT2D eigenvalue weighted by Crippen LogP contribution is -2.14. The molecule has 114 valence electrons. The lowest BCUT2D eigenvalue weighted by atomic mass is 10.0. The average molecular weight is 339 g/mol. The number of phosphoric acid groups is 1. The van der Waals surface area contributed by atoms with Gasteiger partial charge in [0.05, 0.1) is 17.7 Å². The van der Waals surface area contributed by atoms with Crippen molar-refractivity contribution in [3.05, 3.63) is 59.7 Å². The van der Waals surface area contributed by atoms with E-state index in [0.29, 0.717) is 11.1 Å². The van der Waals surface area contributed by atoms with Crippen LogP contribution in [-0.2, 0) is 9.09 Å². The van der Waals surface area contributed by atoms with Gasteiger partial charge >= 0.3 is 7.82 Å². The number of benzene rings is 2. The van der Waals surface area contributed by atoms with Crippen LogP contribution in [0.15, 0.2) is 48.5 Å². The van der Waals surface area contributed by atoms with E-state index < -0.39 is 7.82 Å². The summed E-state index contributed by atoms with van der Waals surface area (Å²) in [6.45, 7) is -0.00286. The molecule has 0 bridgehead atoms. The standard InChI is InChI=1S/C15H12ClO5P/c16-9-10-19-22(18)20-13-7-3-1-5-11(13)15(17)12-6-2-4-8-14(12)21-22/h1-8H,9-10H2. The highest BCUT2D eigenvalue weighted by Gasteiger charge is 2.36. The third kappa shape index (κ3) is 2.88. The second-order valence-corrected chi connectivity index (χ2v) is 6.37. The Balaban J connectivity index is 2.14. The van der Waals surface area contributed by atoms with Gasteiger partial charge in [-0.2, -0.15) is 0 Å². The summed E-state index contributed by atoms with van der Waals surface area (Å²) in [5.41, 5.74) is 0.598. The fraction of sp³-hybridized carbons (Fsp3) is 0.133. The molecule has 0 radical (unpaired) electrons. The fourth-order valence-electron chi connectivity index (χ4n) is 2.07. The quantitative estimate of drug-likeness (QED) is 0.624. The third-order valence-electron chi connectivity index (χ3n) is 3.01. The lowest BCUT2D eigenvalue weighted by Gasteiger charge is -2.23. The molecule has 0 saturated carbocycles. The first-order valence-corrected chi connectivity index (χ1v) is 8.55. The normalized spacial score (nSPS) is 15.6. The summed E-state index contributed by atoms with van der Waals surface area (Å²) < 4.78 is 28.7. The highest BCUT2D eigenvalue weighted by Crippen LogP contribution is 2.52. The van der Waals surface area contributed by atoms with E-state index in [-0.39, 0.29) is 29.8 Å². The molecular formula is C15H12ClO5P. The third-order valence-corrected chi connectivity index (χ3v) is 4.50. The minimum atomic E-state index is -3.93. The molecule has 1 heterocycles. The molecule has 1 aliphatic rings. The number of halogens is 1. The van der Waals surface area contributed by atoms with E-state index >= 15 is 0 Å². The maximum absolute atomic E-state index is 12.8. The van der Waals surface area contributed by atoms with Gasteiger partial charge in [0.2, 0.25) is 5.78 Å². The lowest BCUT2D eigenvalue weighted by molar-refractivity contribution is 0.103. The van der Waals surface area contributed by atoms with E-state index in [4.69, 9.17) is 25.2 Å². The first-order valence-electron chi connectivity index (χ1n) is 6.55. The number of rotatable bonds is 3. The van der Waals surface area contributed by atoms with E-state index in [2.05, 4.69) is 0 Å². The topological polar surface area (TPSA) is 61.8 Å². The van der Waals surface area contributed by atoms with Gasteiger partial charge in [0.1, 0.15) is 11.5 Å². The van der Waals surface area contributed by atoms with Gasteiger partial charge in [-0.05, 0) is 24.3 Å². The summed E-state index contributed by atoms with van der Waals surface area (Å²) in [6.07, 6.45) is 0. The molecule has 22 heavy (non-hydrogen) atoms. The molecule has 1 aliphatic heterocycles. The van der Waals surface area contributed by atoms with Gasteiger partial charge in [-0.1, -0.05) is 24.3 Å². The Bertz CT molecular complexity index is 706. The van der Waals surface area contributed by atoms with Crippen molar-refractivity contribution in [1.29, 1.82) is 0 Å². The number of carbonyl (C=O) groups excluding carboxylic acids is 1. The maximum Gasteiger partial charge on any atom is 0.587 e. The minimum Gasteiger partial charge on any atom is -0.394 e. The van der Waals surface area contributed by atoms with E-state index in [1.54, 1.807) is 48.5 Å². The molecule has 2 aromatic carbocycles. The summed E-state index contributed by atoms with van der Waals surface area (Å²) in [5, 5.41) is 0. The zero-order valence-corrected chi connectivity index (χ0v) is 13.0. The summed E-state index contributed by atoms with van der Waals surface area (Å²) in [4.78, 5) is 12.6. The van der Waals surface area contributed by atoms with E-state index in [1.165, 1.54) is 0 Å². The summed E-state index contributed by atoms with van der Waals surface area (Å²) in [6, 6.07) is 13.0. The van der Waals surface area contributed by atoms with Crippen LogP contribution in [-0.4, -0.2) is 18.3 Å². The molecule has 0 aromatic heterocycles. The summed E-state index contributed by atoms with van der Waals surface area (Å²) >= 11 is 5.57. The van der Waals surface area contributed by atoms with Gasteiger partial charge in [-0.15, -0.1) is 11.6 Å². The molecular weight excluding hydrogens is 327 g/mol. The van der Waals surface area contributed by atoms with Crippen LogP contribution in [0.1, 0.15) is 15.9 Å². The second-order valence-electron chi connectivity index (χ2n) is 4.47. The molecule has 2 aromatic rings. The van der Waals surface area contributed by atoms with Crippen molar-refractivity contribution in [2.45, 2.75) is 0 Å². The number of alkyl halides is 1. The van der Waals surface area contributed by atoms with Crippen LogP contribution in [0.2, 0.25) is 0 Å². The van der Waals surface area contributed by atoms with E-state index in [1.807, 2.05) is 0 Å². The van der Waals surface area contributed by atoms with Gasteiger partial charge in [0.15, 0.2) is 0 Å². The van der Waals surface area contributed by atoms with Crippen LogP contribution < -0.4 is 9.05 Å². The van der Waals surface area contributed by atoms with Crippen molar-refractivity contribution >= 4 is 25.2 Å². The Labute approximate surface area is 132 Å². The van der Waals surface area contributed by atoms with Crippen LogP contribution in [0, 0.1) is 0 Å². The molecule has 0 unspecified atom stereocenters. The molecule has 5 nitrogen and oxygen atoms in total. The largest absolute Gasteiger partial charge is 0.587 e. The molecule has 7 heteroatoms. The van der Waals surface area contributed by atoms with Gasteiger partial charge < -0.3 is 9.05 Å². The number of fused-ring (bicyclic) bond motifs is 2. The highest BCUT2D eigenvalue weighted by atomic mass is 35.5. The molecule has 3 rings (SSSR count). The highest BCUT2D eigenvalue weighted by molar-refractivity contribution is 7.49. The molecule has 0 fully saturated rings. The number of phosphoric ester groups is 1.